The van der Waals surface area contributed by atoms with E-state index in [1.807, 2.05) is 0 Å². The van der Waals surface area contributed by atoms with Crippen LogP contribution >= 0.6 is 0 Å². The lowest BCUT2D eigenvalue weighted by atomic mass is 9.45. The Morgan fingerprint density at radius 2 is 1.82 bits per heavy atom. The summed E-state index contributed by atoms with van der Waals surface area (Å²) in [5, 5.41) is 0. The molecule has 3 unspecified atom stereocenters. The van der Waals surface area contributed by atoms with Crippen molar-refractivity contribution >= 4 is 5.91 Å². The Bertz CT molecular complexity index is 603. The van der Waals surface area contributed by atoms with Crippen LogP contribution in [-0.2, 0) is 9.53 Å². The fourth-order valence-electron chi connectivity index (χ4n) is 8.13. The van der Waals surface area contributed by atoms with E-state index in [0.717, 1.165) is 49.0 Å². The second kappa shape index (κ2) is 7.29. The molecule has 0 N–H and O–H groups in total. The van der Waals surface area contributed by atoms with Gasteiger partial charge in [0.15, 0.2) is 0 Å². The number of hydrogen-bond donors (Lipinski definition) is 0. The topological polar surface area (TPSA) is 29.5 Å². The molecule has 0 bridgehead atoms. The smallest absolute Gasteiger partial charge is 0.222 e. The SMILES string of the molecule is CC(C)CCOC1CC[C@H]2[C@@H]3C(C)CC4N(C)C(=O)CC[C@]4(C)[C@@H]3CC[C@]12C. The van der Waals surface area contributed by atoms with Gasteiger partial charge in [0.25, 0.3) is 0 Å². The molecule has 160 valence electrons. The van der Waals surface area contributed by atoms with Crippen LogP contribution in [0.3, 0.4) is 0 Å². The van der Waals surface area contributed by atoms with Crippen LogP contribution in [0.4, 0.5) is 0 Å². The van der Waals surface area contributed by atoms with Crippen LogP contribution in [0.25, 0.3) is 0 Å². The van der Waals surface area contributed by atoms with E-state index in [1.54, 1.807) is 0 Å². The zero-order valence-electron chi connectivity index (χ0n) is 19.2. The van der Waals surface area contributed by atoms with Crippen molar-refractivity contribution < 1.29 is 9.53 Å². The molecule has 4 fully saturated rings. The van der Waals surface area contributed by atoms with Crippen LogP contribution < -0.4 is 0 Å². The van der Waals surface area contributed by atoms with E-state index >= 15 is 0 Å². The number of carbonyl (C=O) groups excluding carboxylic acids is 1. The molecule has 4 rings (SSSR count). The lowest BCUT2D eigenvalue weighted by molar-refractivity contribution is -0.171. The van der Waals surface area contributed by atoms with E-state index in [0.29, 0.717) is 28.9 Å². The van der Waals surface area contributed by atoms with Crippen LogP contribution in [0.2, 0.25) is 0 Å². The van der Waals surface area contributed by atoms with Gasteiger partial charge in [-0.05, 0) is 85.4 Å². The second-order valence-electron chi connectivity index (χ2n) is 11.7. The molecular weight excluding hydrogens is 346 g/mol. The molecule has 4 aliphatic rings. The first-order valence-electron chi connectivity index (χ1n) is 12.1. The van der Waals surface area contributed by atoms with Gasteiger partial charge < -0.3 is 9.64 Å². The maximum Gasteiger partial charge on any atom is 0.222 e. The van der Waals surface area contributed by atoms with Crippen LogP contribution in [0, 0.1) is 40.4 Å². The number of rotatable bonds is 4. The van der Waals surface area contributed by atoms with Gasteiger partial charge in [-0.2, -0.15) is 0 Å². The number of ether oxygens (including phenoxy) is 1. The van der Waals surface area contributed by atoms with Crippen molar-refractivity contribution in [1.82, 2.24) is 4.90 Å². The molecule has 3 heteroatoms. The second-order valence-corrected chi connectivity index (χ2v) is 11.7. The summed E-state index contributed by atoms with van der Waals surface area (Å²) in [5.41, 5.74) is 0.684. The largest absolute Gasteiger partial charge is 0.378 e. The fourth-order valence-corrected chi connectivity index (χ4v) is 8.13. The molecule has 1 amide bonds. The summed E-state index contributed by atoms with van der Waals surface area (Å²) in [7, 11) is 2.07. The van der Waals surface area contributed by atoms with E-state index in [9.17, 15) is 4.79 Å². The van der Waals surface area contributed by atoms with Crippen LogP contribution in [0.1, 0.15) is 86.0 Å². The standard InChI is InChI=1S/C25H43NO2/c1-16(2)11-14-28-21-8-7-18-23-17(3)15-20-24(4,13-10-22(27)26(20)6)19(23)9-12-25(18,21)5/h16-21,23H,7-15H2,1-6H3/t17?,18-,19+,20?,21?,23-,24+,25-/m0/s1. The van der Waals surface area contributed by atoms with Gasteiger partial charge in [-0.25, -0.2) is 0 Å². The van der Waals surface area contributed by atoms with Crippen molar-refractivity contribution in [2.24, 2.45) is 40.4 Å². The highest BCUT2D eigenvalue weighted by atomic mass is 16.5. The Kier molecular flexibility index (Phi) is 5.39. The van der Waals surface area contributed by atoms with E-state index in [1.165, 1.54) is 38.5 Å². The Morgan fingerprint density at radius 1 is 1.11 bits per heavy atom. The van der Waals surface area contributed by atoms with Crippen molar-refractivity contribution in [3.8, 4) is 0 Å². The minimum Gasteiger partial charge on any atom is -0.378 e. The van der Waals surface area contributed by atoms with Crippen molar-refractivity contribution in [2.75, 3.05) is 13.7 Å². The predicted octanol–water partition coefficient (Wildman–Crippen LogP) is 5.53. The highest BCUT2D eigenvalue weighted by molar-refractivity contribution is 5.77. The molecule has 0 radical (unpaired) electrons. The quantitative estimate of drug-likeness (QED) is 0.633. The van der Waals surface area contributed by atoms with Gasteiger partial charge >= 0.3 is 0 Å². The van der Waals surface area contributed by atoms with Gasteiger partial charge in [0, 0.05) is 26.1 Å². The first-order valence-corrected chi connectivity index (χ1v) is 12.1. The van der Waals surface area contributed by atoms with Crippen LogP contribution in [0.5, 0.6) is 0 Å². The first kappa shape index (κ1) is 20.7. The van der Waals surface area contributed by atoms with Crippen molar-refractivity contribution in [1.29, 1.82) is 0 Å². The van der Waals surface area contributed by atoms with Gasteiger partial charge in [-0.3, -0.25) is 4.79 Å². The van der Waals surface area contributed by atoms with E-state index < -0.39 is 0 Å². The zero-order chi connectivity index (χ0) is 20.3. The lowest BCUT2D eigenvalue weighted by Gasteiger charge is -2.63. The van der Waals surface area contributed by atoms with E-state index in [-0.39, 0.29) is 0 Å². The Balaban J connectivity index is 1.55. The molecule has 0 aromatic carbocycles. The number of fused-ring (bicyclic) bond motifs is 5. The summed E-state index contributed by atoms with van der Waals surface area (Å²) in [6, 6.07) is 0.453. The molecule has 3 nitrogen and oxygen atoms in total. The number of likely N-dealkylation sites (tertiary alicyclic amines) is 1. The Labute approximate surface area is 173 Å². The minimum absolute atomic E-state index is 0.317. The summed E-state index contributed by atoms with van der Waals surface area (Å²) in [4.78, 5) is 14.5. The molecule has 1 heterocycles. The fraction of sp³-hybridized carbons (Fsp3) is 0.960. The molecule has 28 heavy (non-hydrogen) atoms. The molecule has 8 atom stereocenters. The maximum atomic E-state index is 12.4. The molecular formula is C25H43NO2. The van der Waals surface area contributed by atoms with Crippen molar-refractivity contribution in [2.45, 2.75) is 98.1 Å². The van der Waals surface area contributed by atoms with Gasteiger partial charge in [-0.1, -0.05) is 34.6 Å². The highest BCUT2D eigenvalue weighted by Gasteiger charge is 2.63. The van der Waals surface area contributed by atoms with Crippen molar-refractivity contribution in [3.05, 3.63) is 0 Å². The van der Waals surface area contributed by atoms with E-state index in [2.05, 4.69) is 46.6 Å². The first-order chi connectivity index (χ1) is 13.2. The third-order valence-electron chi connectivity index (χ3n) is 9.86. The maximum absolute atomic E-state index is 12.4. The van der Waals surface area contributed by atoms with Gasteiger partial charge in [0.2, 0.25) is 5.91 Å². The number of piperidine rings is 1. The summed E-state index contributed by atoms with van der Waals surface area (Å²) < 4.78 is 6.51. The molecule has 0 spiro atoms. The molecule has 1 saturated heterocycles. The third kappa shape index (κ3) is 3.06. The Morgan fingerprint density at radius 3 is 2.54 bits per heavy atom. The molecule has 3 aliphatic carbocycles. The Hall–Kier alpha value is -0.570. The average Bonchev–Trinajstić information content (AvgIpc) is 2.97. The van der Waals surface area contributed by atoms with Gasteiger partial charge in [0.1, 0.15) is 0 Å². The lowest BCUT2D eigenvalue weighted by Crippen LogP contribution is -2.63. The number of hydrogen-bond acceptors (Lipinski definition) is 2. The average molecular weight is 390 g/mol. The summed E-state index contributed by atoms with van der Waals surface area (Å²) in [6.45, 7) is 13.1. The van der Waals surface area contributed by atoms with Crippen molar-refractivity contribution in [3.63, 3.8) is 0 Å². The third-order valence-corrected chi connectivity index (χ3v) is 9.86. The summed E-state index contributed by atoms with van der Waals surface area (Å²) in [6.07, 6.45) is 9.96. The zero-order valence-corrected chi connectivity index (χ0v) is 19.2. The highest BCUT2D eigenvalue weighted by Crippen LogP contribution is 2.66. The molecule has 1 aliphatic heterocycles. The summed E-state index contributed by atoms with van der Waals surface area (Å²) >= 11 is 0. The molecule has 3 saturated carbocycles. The monoisotopic (exact) mass is 389 g/mol. The van der Waals surface area contributed by atoms with Crippen LogP contribution in [-0.4, -0.2) is 36.6 Å². The van der Waals surface area contributed by atoms with Gasteiger partial charge in [0.05, 0.1) is 6.10 Å². The molecule has 0 aromatic rings. The minimum atomic E-state index is 0.317. The summed E-state index contributed by atoms with van der Waals surface area (Å²) in [5.74, 6) is 4.22. The normalized spacial score (nSPS) is 48.4. The molecule has 0 aromatic heterocycles. The number of nitrogens with zero attached hydrogens (tertiary/aromatic N) is 1. The number of amides is 1. The number of carbonyl (C=O) groups is 1. The van der Waals surface area contributed by atoms with Gasteiger partial charge in [-0.15, -0.1) is 0 Å². The van der Waals surface area contributed by atoms with Crippen LogP contribution in [0.15, 0.2) is 0 Å². The predicted molar refractivity (Wildman–Crippen MR) is 114 cm³/mol. The van der Waals surface area contributed by atoms with E-state index in [4.69, 9.17) is 4.74 Å².